The maximum atomic E-state index is 6.22. The minimum atomic E-state index is 0. The summed E-state index contributed by atoms with van der Waals surface area (Å²) >= 11 is 6.22. The van der Waals surface area contributed by atoms with Crippen LogP contribution in [0, 0.1) is 0 Å². The summed E-state index contributed by atoms with van der Waals surface area (Å²) in [4.78, 5) is 9.14. The first kappa shape index (κ1) is 23.2. The molecule has 0 spiro atoms. The van der Waals surface area contributed by atoms with E-state index in [9.17, 15) is 0 Å². The lowest BCUT2D eigenvalue weighted by atomic mass is 10.2. The highest BCUT2D eigenvalue weighted by Gasteiger charge is 2.05. The van der Waals surface area contributed by atoms with E-state index in [1.807, 2.05) is 42.7 Å². The topological polar surface area (TPSA) is 54.2 Å². The van der Waals surface area contributed by atoms with Crippen LogP contribution < -0.4 is 10.6 Å². The first-order chi connectivity index (χ1) is 13.8. The summed E-state index contributed by atoms with van der Waals surface area (Å²) in [7, 11) is 0. The lowest BCUT2D eigenvalue weighted by Gasteiger charge is -2.12. The third-order valence-electron chi connectivity index (χ3n) is 4.35. The number of aromatic nitrogens is 2. The summed E-state index contributed by atoms with van der Waals surface area (Å²) in [6.07, 6.45) is 4.70. The van der Waals surface area contributed by atoms with Gasteiger partial charge in [-0.25, -0.2) is 9.98 Å². The number of benzene rings is 2. The highest BCUT2D eigenvalue weighted by atomic mass is 127. The lowest BCUT2D eigenvalue weighted by Crippen LogP contribution is -2.38. The van der Waals surface area contributed by atoms with Gasteiger partial charge < -0.3 is 15.2 Å². The molecule has 3 aromatic rings. The Morgan fingerprint density at radius 2 is 1.83 bits per heavy atom. The van der Waals surface area contributed by atoms with Crippen LogP contribution in [-0.2, 0) is 19.5 Å². The molecule has 0 aliphatic rings. The van der Waals surface area contributed by atoms with Crippen molar-refractivity contribution in [3.8, 4) is 0 Å². The zero-order chi connectivity index (χ0) is 19.6. The van der Waals surface area contributed by atoms with Crippen molar-refractivity contribution < 1.29 is 0 Å². The second-order valence-electron chi connectivity index (χ2n) is 6.42. The Kier molecular flexibility index (Phi) is 10.0. The largest absolute Gasteiger partial charge is 0.357 e. The number of nitrogens with zero attached hydrogens (tertiary/aromatic N) is 3. The van der Waals surface area contributed by atoms with E-state index in [2.05, 4.69) is 56.4 Å². The fourth-order valence-corrected chi connectivity index (χ4v) is 3.11. The summed E-state index contributed by atoms with van der Waals surface area (Å²) in [6, 6.07) is 18.2. The summed E-state index contributed by atoms with van der Waals surface area (Å²) < 4.78 is 2.19. The van der Waals surface area contributed by atoms with Crippen molar-refractivity contribution in [2.45, 2.75) is 26.4 Å². The van der Waals surface area contributed by atoms with E-state index in [0.717, 1.165) is 48.4 Å². The average Bonchev–Trinajstić information content (AvgIpc) is 3.15. The fourth-order valence-electron chi connectivity index (χ4n) is 2.92. The molecule has 29 heavy (non-hydrogen) atoms. The number of imidazole rings is 1. The molecule has 0 unspecified atom stereocenters. The Hall–Kier alpha value is -2.06. The highest BCUT2D eigenvalue weighted by molar-refractivity contribution is 14.0. The molecule has 5 nitrogen and oxygen atoms in total. The van der Waals surface area contributed by atoms with E-state index in [1.54, 1.807) is 0 Å². The van der Waals surface area contributed by atoms with Crippen molar-refractivity contribution in [3.05, 3.63) is 89.0 Å². The molecule has 154 valence electrons. The molecule has 2 aromatic carbocycles. The van der Waals surface area contributed by atoms with Gasteiger partial charge in [-0.05, 0) is 24.1 Å². The van der Waals surface area contributed by atoms with Crippen LogP contribution in [0.25, 0.3) is 0 Å². The van der Waals surface area contributed by atoms with Crippen molar-refractivity contribution in [2.75, 3.05) is 13.1 Å². The van der Waals surface area contributed by atoms with Gasteiger partial charge in [0.05, 0.1) is 6.54 Å². The molecule has 0 bridgehead atoms. The molecule has 0 aliphatic heterocycles. The van der Waals surface area contributed by atoms with E-state index in [-0.39, 0.29) is 24.0 Å². The molecular formula is C22H27ClIN5. The minimum absolute atomic E-state index is 0. The minimum Gasteiger partial charge on any atom is -0.357 e. The van der Waals surface area contributed by atoms with Crippen LogP contribution in [-0.4, -0.2) is 28.6 Å². The molecule has 7 heteroatoms. The molecule has 0 saturated carbocycles. The Balaban J connectivity index is 0.00000300. The predicted octanol–water partition coefficient (Wildman–Crippen LogP) is 4.50. The van der Waals surface area contributed by atoms with E-state index in [0.29, 0.717) is 6.54 Å². The van der Waals surface area contributed by atoms with Crippen molar-refractivity contribution in [1.82, 2.24) is 20.2 Å². The molecule has 0 fully saturated rings. The molecule has 0 amide bonds. The molecule has 2 N–H and O–H groups in total. The molecule has 3 rings (SSSR count). The number of nitrogens with one attached hydrogen (secondary N) is 2. The molecular weight excluding hydrogens is 497 g/mol. The average molecular weight is 524 g/mol. The zero-order valence-corrected chi connectivity index (χ0v) is 19.6. The number of rotatable bonds is 8. The van der Waals surface area contributed by atoms with E-state index in [4.69, 9.17) is 11.6 Å². The van der Waals surface area contributed by atoms with Crippen molar-refractivity contribution >= 4 is 41.5 Å². The second kappa shape index (κ2) is 12.5. The SMILES string of the molecule is CCNC(=NCc1ccccc1Cl)NCCc1nccn1Cc1ccccc1.I. The summed E-state index contributed by atoms with van der Waals surface area (Å²) in [5.41, 5.74) is 2.28. The number of hydrogen-bond acceptors (Lipinski definition) is 2. The summed E-state index contributed by atoms with van der Waals surface area (Å²) in [5.74, 6) is 1.84. The Labute approximate surface area is 194 Å². The van der Waals surface area contributed by atoms with Gasteiger partial charge in [0.15, 0.2) is 5.96 Å². The Bertz CT molecular complexity index is 895. The van der Waals surface area contributed by atoms with Gasteiger partial charge >= 0.3 is 0 Å². The first-order valence-corrected chi connectivity index (χ1v) is 9.93. The van der Waals surface area contributed by atoms with Crippen LogP contribution in [0.2, 0.25) is 5.02 Å². The second-order valence-corrected chi connectivity index (χ2v) is 6.83. The van der Waals surface area contributed by atoms with Crippen LogP contribution in [0.3, 0.4) is 0 Å². The van der Waals surface area contributed by atoms with Gasteiger partial charge in [0.2, 0.25) is 0 Å². The molecule has 1 heterocycles. The zero-order valence-electron chi connectivity index (χ0n) is 16.5. The lowest BCUT2D eigenvalue weighted by molar-refractivity contribution is 0.694. The molecule has 0 saturated heterocycles. The Morgan fingerprint density at radius 3 is 2.59 bits per heavy atom. The maximum Gasteiger partial charge on any atom is 0.191 e. The third-order valence-corrected chi connectivity index (χ3v) is 4.72. The smallest absolute Gasteiger partial charge is 0.191 e. The van der Waals surface area contributed by atoms with Crippen molar-refractivity contribution in [3.63, 3.8) is 0 Å². The van der Waals surface area contributed by atoms with Gasteiger partial charge in [0.25, 0.3) is 0 Å². The van der Waals surface area contributed by atoms with Crippen LogP contribution in [0.15, 0.2) is 72.0 Å². The normalized spacial score (nSPS) is 11.0. The van der Waals surface area contributed by atoms with Crippen LogP contribution in [0.5, 0.6) is 0 Å². The van der Waals surface area contributed by atoms with Crippen LogP contribution in [0.4, 0.5) is 0 Å². The van der Waals surface area contributed by atoms with Gasteiger partial charge in [-0.2, -0.15) is 0 Å². The van der Waals surface area contributed by atoms with E-state index >= 15 is 0 Å². The van der Waals surface area contributed by atoms with Crippen molar-refractivity contribution in [2.24, 2.45) is 4.99 Å². The number of hydrogen-bond donors (Lipinski definition) is 2. The monoisotopic (exact) mass is 523 g/mol. The fraction of sp³-hybridized carbons (Fsp3) is 0.273. The standard InChI is InChI=1S/C22H26ClN5.HI/c1-2-24-22(27-16-19-10-6-7-11-20(19)23)26-13-12-21-25-14-15-28(21)17-18-8-4-3-5-9-18;/h3-11,14-15H,2,12-13,16-17H2,1H3,(H2,24,26,27);1H. The highest BCUT2D eigenvalue weighted by Crippen LogP contribution is 2.15. The maximum absolute atomic E-state index is 6.22. The molecule has 0 aliphatic carbocycles. The van der Waals surface area contributed by atoms with Gasteiger partial charge in [0, 0.05) is 43.5 Å². The van der Waals surface area contributed by atoms with Gasteiger partial charge in [-0.1, -0.05) is 60.1 Å². The van der Waals surface area contributed by atoms with Gasteiger partial charge in [-0.3, -0.25) is 0 Å². The summed E-state index contributed by atoms with van der Waals surface area (Å²) in [6.45, 7) is 4.98. The molecule has 1 aromatic heterocycles. The number of guanidine groups is 1. The Morgan fingerprint density at radius 1 is 1.07 bits per heavy atom. The predicted molar refractivity (Wildman–Crippen MR) is 131 cm³/mol. The van der Waals surface area contributed by atoms with Crippen molar-refractivity contribution in [1.29, 1.82) is 0 Å². The van der Waals surface area contributed by atoms with Gasteiger partial charge in [0.1, 0.15) is 5.82 Å². The first-order valence-electron chi connectivity index (χ1n) is 9.55. The number of halogens is 2. The van der Waals surface area contributed by atoms with E-state index < -0.39 is 0 Å². The van der Waals surface area contributed by atoms with Crippen LogP contribution in [0.1, 0.15) is 23.9 Å². The molecule has 0 atom stereocenters. The molecule has 0 radical (unpaired) electrons. The van der Waals surface area contributed by atoms with Crippen LogP contribution >= 0.6 is 35.6 Å². The summed E-state index contributed by atoms with van der Waals surface area (Å²) in [5, 5.41) is 7.40. The third kappa shape index (κ3) is 7.36. The number of aliphatic imine (C=N–C) groups is 1. The van der Waals surface area contributed by atoms with Gasteiger partial charge in [-0.15, -0.1) is 24.0 Å². The van der Waals surface area contributed by atoms with E-state index in [1.165, 1.54) is 5.56 Å². The quantitative estimate of drug-likeness (QED) is 0.260.